The van der Waals surface area contributed by atoms with Crippen LogP contribution < -0.4 is 5.32 Å². The first kappa shape index (κ1) is 22.4. The fourth-order valence-electron chi connectivity index (χ4n) is 3.82. The summed E-state index contributed by atoms with van der Waals surface area (Å²) in [4.78, 5) is 24.7. The molecule has 1 aliphatic rings. The van der Waals surface area contributed by atoms with Gasteiger partial charge in [-0.05, 0) is 19.9 Å². The van der Waals surface area contributed by atoms with Gasteiger partial charge in [0.25, 0.3) is 0 Å². The van der Waals surface area contributed by atoms with Crippen LogP contribution in [0.5, 0.6) is 0 Å². The summed E-state index contributed by atoms with van der Waals surface area (Å²) in [5, 5.41) is 13.8. The van der Waals surface area contributed by atoms with Crippen LogP contribution in [-0.2, 0) is 4.79 Å². The fraction of sp³-hybridized carbons (Fsp3) is 0.583. The third kappa shape index (κ3) is 6.03. The van der Waals surface area contributed by atoms with Crippen molar-refractivity contribution in [1.29, 1.82) is 0 Å². The van der Waals surface area contributed by atoms with E-state index in [1.807, 2.05) is 6.92 Å². The first-order chi connectivity index (χ1) is 13.6. The van der Waals surface area contributed by atoms with Gasteiger partial charge in [0, 0.05) is 17.2 Å². The summed E-state index contributed by atoms with van der Waals surface area (Å²) in [6, 6.07) is 6.39. The lowest BCUT2D eigenvalue weighted by Gasteiger charge is -2.22. The van der Waals surface area contributed by atoms with Gasteiger partial charge in [0.2, 0.25) is 11.6 Å². The predicted octanol–water partition coefficient (Wildman–Crippen LogP) is 5.62. The van der Waals surface area contributed by atoms with Crippen molar-refractivity contribution >= 4 is 17.3 Å². The molecule has 0 saturated heterocycles. The molecule has 0 saturated carbocycles. The van der Waals surface area contributed by atoms with Crippen molar-refractivity contribution in [3.05, 3.63) is 41.0 Å². The van der Waals surface area contributed by atoms with E-state index in [2.05, 4.69) is 12.2 Å². The van der Waals surface area contributed by atoms with Crippen LogP contribution in [0, 0.1) is 0 Å². The monoisotopic (exact) mass is 385 g/mol. The van der Waals surface area contributed by atoms with Crippen LogP contribution in [0.1, 0.15) is 94.0 Å². The summed E-state index contributed by atoms with van der Waals surface area (Å²) in [6.45, 7) is 4.85. The minimum absolute atomic E-state index is 0.0664. The zero-order chi connectivity index (χ0) is 20.4. The SMILES string of the molecule is CCCCCCCCCCCCN[C@@H](C)C1=C(O)c2ccccc2C(=O)C1=O. The number of fused-ring (bicyclic) bond motifs is 1. The number of aliphatic hydroxyl groups excluding tert-OH is 1. The fourth-order valence-corrected chi connectivity index (χ4v) is 3.82. The van der Waals surface area contributed by atoms with Crippen LogP contribution >= 0.6 is 0 Å². The quantitative estimate of drug-likeness (QED) is 0.342. The first-order valence-electron chi connectivity index (χ1n) is 10.9. The molecule has 2 rings (SSSR count). The molecule has 0 aliphatic heterocycles. The number of rotatable bonds is 13. The number of ketones is 2. The van der Waals surface area contributed by atoms with Crippen molar-refractivity contribution in [2.45, 2.75) is 84.1 Å². The number of carbonyl (C=O) groups excluding carboxylic acids is 2. The molecule has 0 radical (unpaired) electrons. The van der Waals surface area contributed by atoms with E-state index in [4.69, 9.17) is 0 Å². The number of carbonyl (C=O) groups is 2. The highest BCUT2D eigenvalue weighted by Gasteiger charge is 2.34. The molecule has 154 valence electrons. The third-order valence-corrected chi connectivity index (χ3v) is 5.55. The molecule has 1 atom stereocenters. The van der Waals surface area contributed by atoms with Gasteiger partial charge in [-0.25, -0.2) is 0 Å². The summed E-state index contributed by atoms with van der Waals surface area (Å²) >= 11 is 0. The second kappa shape index (κ2) is 11.8. The van der Waals surface area contributed by atoms with Crippen LogP contribution in [-0.4, -0.2) is 29.3 Å². The lowest BCUT2D eigenvalue weighted by molar-refractivity contribution is -0.112. The van der Waals surface area contributed by atoms with E-state index in [1.54, 1.807) is 24.3 Å². The molecule has 0 spiro atoms. The van der Waals surface area contributed by atoms with Crippen LogP contribution in [0.3, 0.4) is 0 Å². The van der Waals surface area contributed by atoms with E-state index >= 15 is 0 Å². The second-order valence-electron chi connectivity index (χ2n) is 7.82. The topological polar surface area (TPSA) is 66.4 Å². The summed E-state index contributed by atoms with van der Waals surface area (Å²) in [6.07, 6.45) is 12.8. The molecule has 4 nitrogen and oxygen atoms in total. The lowest BCUT2D eigenvalue weighted by atomic mass is 9.85. The molecular formula is C24H35NO3. The molecule has 0 fully saturated rings. The first-order valence-corrected chi connectivity index (χ1v) is 10.9. The molecule has 2 N–H and O–H groups in total. The van der Waals surface area contributed by atoms with Gasteiger partial charge in [0.05, 0.1) is 5.57 Å². The minimum Gasteiger partial charge on any atom is -0.507 e. The number of hydrogen-bond acceptors (Lipinski definition) is 4. The van der Waals surface area contributed by atoms with Gasteiger partial charge in [0.15, 0.2) is 0 Å². The average Bonchev–Trinajstić information content (AvgIpc) is 2.70. The van der Waals surface area contributed by atoms with E-state index in [0.717, 1.165) is 19.4 Å². The number of benzene rings is 1. The summed E-state index contributed by atoms with van der Waals surface area (Å²) < 4.78 is 0. The van der Waals surface area contributed by atoms with Gasteiger partial charge in [-0.2, -0.15) is 0 Å². The third-order valence-electron chi connectivity index (χ3n) is 5.55. The van der Waals surface area contributed by atoms with Crippen molar-refractivity contribution < 1.29 is 14.7 Å². The Morgan fingerprint density at radius 3 is 1.96 bits per heavy atom. The van der Waals surface area contributed by atoms with E-state index < -0.39 is 11.6 Å². The molecule has 0 bridgehead atoms. The second-order valence-corrected chi connectivity index (χ2v) is 7.82. The highest BCUT2D eigenvalue weighted by molar-refractivity contribution is 6.52. The Balaban J connectivity index is 1.71. The summed E-state index contributed by atoms with van der Waals surface area (Å²) in [5.41, 5.74) is 0.932. The smallest absolute Gasteiger partial charge is 0.234 e. The largest absolute Gasteiger partial charge is 0.507 e. The summed E-state index contributed by atoms with van der Waals surface area (Å²) in [5.74, 6) is -1.20. The average molecular weight is 386 g/mol. The maximum atomic E-state index is 12.4. The van der Waals surface area contributed by atoms with Crippen molar-refractivity contribution in [2.75, 3.05) is 6.54 Å². The Hall–Kier alpha value is -1.94. The zero-order valence-corrected chi connectivity index (χ0v) is 17.4. The van der Waals surface area contributed by atoms with E-state index in [9.17, 15) is 14.7 Å². The minimum atomic E-state index is -0.598. The molecule has 28 heavy (non-hydrogen) atoms. The molecule has 1 aromatic rings. The van der Waals surface area contributed by atoms with Crippen molar-refractivity contribution in [3.63, 3.8) is 0 Å². The predicted molar refractivity (Wildman–Crippen MR) is 115 cm³/mol. The molecule has 0 amide bonds. The molecule has 1 aliphatic carbocycles. The maximum Gasteiger partial charge on any atom is 0.234 e. The molecule has 1 aromatic carbocycles. The zero-order valence-electron chi connectivity index (χ0n) is 17.4. The number of nitrogens with one attached hydrogen (secondary N) is 1. The Morgan fingerprint density at radius 1 is 0.821 bits per heavy atom. The van der Waals surface area contributed by atoms with Crippen molar-refractivity contribution in [1.82, 2.24) is 5.32 Å². The molecule has 0 heterocycles. The van der Waals surface area contributed by atoms with Gasteiger partial charge in [0.1, 0.15) is 5.76 Å². The van der Waals surface area contributed by atoms with Gasteiger partial charge in [-0.15, -0.1) is 0 Å². The molecule has 0 unspecified atom stereocenters. The Bertz CT molecular complexity index is 693. The maximum absolute atomic E-state index is 12.4. The van der Waals surface area contributed by atoms with Crippen molar-refractivity contribution in [3.8, 4) is 0 Å². The van der Waals surface area contributed by atoms with Gasteiger partial charge in [-0.1, -0.05) is 89.0 Å². The van der Waals surface area contributed by atoms with Gasteiger partial charge in [-0.3, -0.25) is 9.59 Å². The lowest BCUT2D eigenvalue weighted by Crippen LogP contribution is -2.37. The van der Waals surface area contributed by atoms with Crippen LogP contribution in [0.4, 0.5) is 0 Å². The standard InChI is InChI=1S/C24H35NO3/c1-3-4-5-6-7-8-9-10-11-14-17-25-18(2)21-22(26)19-15-12-13-16-20(19)23(27)24(21)28/h12-13,15-16,18,25-26H,3-11,14,17H2,1-2H3/t18-/m0/s1. The summed E-state index contributed by atoms with van der Waals surface area (Å²) in [7, 11) is 0. The van der Waals surface area contributed by atoms with Crippen molar-refractivity contribution in [2.24, 2.45) is 0 Å². The van der Waals surface area contributed by atoms with Crippen LogP contribution in [0.25, 0.3) is 5.76 Å². The number of unbranched alkanes of at least 4 members (excludes halogenated alkanes) is 9. The van der Waals surface area contributed by atoms with Crippen LogP contribution in [0.15, 0.2) is 29.8 Å². The molecular weight excluding hydrogens is 350 g/mol. The van der Waals surface area contributed by atoms with Gasteiger partial charge >= 0.3 is 0 Å². The number of hydrogen-bond donors (Lipinski definition) is 2. The van der Waals surface area contributed by atoms with E-state index in [-0.39, 0.29) is 22.9 Å². The normalized spacial score (nSPS) is 15.1. The molecule has 0 aromatic heterocycles. The van der Waals surface area contributed by atoms with Crippen LogP contribution in [0.2, 0.25) is 0 Å². The molecule has 4 heteroatoms. The highest BCUT2D eigenvalue weighted by Crippen LogP contribution is 2.29. The Labute approximate surface area is 169 Å². The number of aliphatic hydroxyl groups is 1. The highest BCUT2D eigenvalue weighted by atomic mass is 16.3. The Kier molecular flexibility index (Phi) is 9.42. The Morgan fingerprint density at radius 2 is 1.36 bits per heavy atom. The van der Waals surface area contributed by atoms with E-state index in [0.29, 0.717) is 5.56 Å². The van der Waals surface area contributed by atoms with Gasteiger partial charge < -0.3 is 10.4 Å². The van der Waals surface area contributed by atoms with E-state index in [1.165, 1.54) is 51.4 Å². The number of Topliss-reactive ketones (excluding diaryl/α,β-unsaturated/α-hetero) is 2.